The van der Waals surface area contributed by atoms with Crippen molar-refractivity contribution >= 4 is 9.84 Å². The zero-order valence-electron chi connectivity index (χ0n) is 11.4. The lowest BCUT2D eigenvalue weighted by atomic mass is 10.0. The highest BCUT2D eigenvalue weighted by Gasteiger charge is 2.09. The second-order valence-electron chi connectivity index (χ2n) is 4.62. The first kappa shape index (κ1) is 15.2. The highest BCUT2D eigenvalue weighted by Crippen LogP contribution is 2.16. The first-order valence-electron chi connectivity index (χ1n) is 6.45. The molecule has 0 saturated heterocycles. The quantitative estimate of drug-likeness (QED) is 0.774. The Morgan fingerprint density at radius 3 is 2.56 bits per heavy atom. The standard InChI is InChI=1S/C14H23NO2S/c1-4-18(16,17)11-7-10-15-13(3)14-9-6-5-8-12(14)2/h5-6,8-9,13,15H,4,7,10-11H2,1-3H3/t13-/m1/s1. The summed E-state index contributed by atoms with van der Waals surface area (Å²) < 4.78 is 22.7. The van der Waals surface area contributed by atoms with Crippen molar-refractivity contribution in [1.29, 1.82) is 0 Å². The van der Waals surface area contributed by atoms with Crippen molar-refractivity contribution in [1.82, 2.24) is 5.32 Å². The predicted octanol–water partition coefficient (Wildman–Crippen LogP) is 2.47. The van der Waals surface area contributed by atoms with Crippen LogP contribution in [-0.4, -0.2) is 26.5 Å². The minimum absolute atomic E-state index is 0.236. The summed E-state index contributed by atoms with van der Waals surface area (Å²) in [6.45, 7) is 6.62. The topological polar surface area (TPSA) is 46.2 Å². The van der Waals surface area contributed by atoms with Gasteiger partial charge in [-0.2, -0.15) is 0 Å². The first-order chi connectivity index (χ1) is 8.46. The number of benzene rings is 1. The summed E-state index contributed by atoms with van der Waals surface area (Å²) in [5.41, 5.74) is 2.54. The highest BCUT2D eigenvalue weighted by molar-refractivity contribution is 7.91. The van der Waals surface area contributed by atoms with Gasteiger partial charge in [0.1, 0.15) is 9.84 Å². The maximum absolute atomic E-state index is 11.3. The molecule has 0 aliphatic carbocycles. The van der Waals surface area contributed by atoms with E-state index in [-0.39, 0.29) is 17.5 Å². The fourth-order valence-corrected chi connectivity index (χ4v) is 2.81. The van der Waals surface area contributed by atoms with Crippen LogP contribution < -0.4 is 5.32 Å². The second kappa shape index (κ2) is 6.90. The van der Waals surface area contributed by atoms with Gasteiger partial charge in [-0.25, -0.2) is 8.42 Å². The molecule has 1 atom stereocenters. The molecule has 18 heavy (non-hydrogen) atoms. The maximum atomic E-state index is 11.3. The Morgan fingerprint density at radius 2 is 1.94 bits per heavy atom. The number of rotatable bonds is 7. The third-order valence-electron chi connectivity index (χ3n) is 3.18. The average molecular weight is 269 g/mol. The van der Waals surface area contributed by atoms with Crippen molar-refractivity contribution in [2.45, 2.75) is 33.2 Å². The molecule has 0 bridgehead atoms. The number of hydrogen-bond donors (Lipinski definition) is 1. The largest absolute Gasteiger partial charge is 0.310 e. The minimum atomic E-state index is -2.83. The van der Waals surface area contributed by atoms with Crippen molar-refractivity contribution in [2.75, 3.05) is 18.1 Å². The van der Waals surface area contributed by atoms with E-state index in [0.717, 1.165) is 6.54 Å². The summed E-state index contributed by atoms with van der Waals surface area (Å²) in [6.07, 6.45) is 0.673. The van der Waals surface area contributed by atoms with Gasteiger partial charge in [-0.05, 0) is 37.9 Å². The fraction of sp³-hybridized carbons (Fsp3) is 0.571. The number of sulfone groups is 1. The van der Waals surface area contributed by atoms with Gasteiger partial charge in [-0.15, -0.1) is 0 Å². The SMILES string of the molecule is CCS(=O)(=O)CCCN[C@H](C)c1ccccc1C. The summed E-state index contributed by atoms with van der Waals surface area (Å²) >= 11 is 0. The number of nitrogens with one attached hydrogen (secondary N) is 1. The van der Waals surface area contributed by atoms with Crippen molar-refractivity contribution in [3.8, 4) is 0 Å². The first-order valence-corrected chi connectivity index (χ1v) is 8.27. The molecule has 0 aliphatic heterocycles. The van der Waals surface area contributed by atoms with Gasteiger partial charge >= 0.3 is 0 Å². The van der Waals surface area contributed by atoms with Gasteiger partial charge in [-0.3, -0.25) is 0 Å². The molecule has 102 valence electrons. The molecule has 1 aromatic rings. The molecule has 0 fully saturated rings. The summed E-state index contributed by atoms with van der Waals surface area (Å²) in [5, 5.41) is 3.37. The third kappa shape index (κ3) is 4.78. The molecule has 3 nitrogen and oxygen atoms in total. The smallest absolute Gasteiger partial charge is 0.150 e. The van der Waals surface area contributed by atoms with E-state index < -0.39 is 9.84 Å². The van der Waals surface area contributed by atoms with E-state index in [1.54, 1.807) is 6.92 Å². The Morgan fingerprint density at radius 1 is 1.28 bits per heavy atom. The molecule has 0 saturated carbocycles. The van der Waals surface area contributed by atoms with Gasteiger partial charge in [0.2, 0.25) is 0 Å². The molecular weight excluding hydrogens is 246 g/mol. The predicted molar refractivity (Wildman–Crippen MR) is 76.5 cm³/mol. The summed E-state index contributed by atoms with van der Waals surface area (Å²) in [7, 11) is -2.83. The molecule has 0 heterocycles. The Bertz CT molecular complexity index is 468. The molecule has 1 rings (SSSR count). The van der Waals surface area contributed by atoms with E-state index >= 15 is 0 Å². The molecule has 0 spiro atoms. The third-order valence-corrected chi connectivity index (χ3v) is 4.97. The van der Waals surface area contributed by atoms with Gasteiger partial charge in [0.25, 0.3) is 0 Å². The van der Waals surface area contributed by atoms with Crippen molar-refractivity contribution in [3.63, 3.8) is 0 Å². The number of aryl methyl sites for hydroxylation is 1. The van der Waals surface area contributed by atoms with Crippen LogP contribution in [-0.2, 0) is 9.84 Å². The minimum Gasteiger partial charge on any atom is -0.310 e. The molecule has 0 unspecified atom stereocenters. The van der Waals surface area contributed by atoms with Crippen LogP contribution in [0.5, 0.6) is 0 Å². The summed E-state index contributed by atoms with van der Waals surface area (Å²) in [6, 6.07) is 8.52. The zero-order valence-corrected chi connectivity index (χ0v) is 12.3. The molecule has 0 amide bonds. The van der Waals surface area contributed by atoms with Crippen molar-refractivity contribution in [3.05, 3.63) is 35.4 Å². The summed E-state index contributed by atoms with van der Waals surface area (Å²) in [5.74, 6) is 0.511. The molecule has 1 N–H and O–H groups in total. The molecule has 0 radical (unpaired) electrons. The molecule has 0 aliphatic rings. The van der Waals surface area contributed by atoms with E-state index in [2.05, 4.69) is 31.3 Å². The van der Waals surface area contributed by atoms with E-state index in [1.165, 1.54) is 11.1 Å². The van der Waals surface area contributed by atoms with E-state index in [4.69, 9.17) is 0 Å². The average Bonchev–Trinajstić information content (AvgIpc) is 2.35. The van der Waals surface area contributed by atoms with Gasteiger partial charge in [0, 0.05) is 11.8 Å². The Balaban J connectivity index is 2.39. The van der Waals surface area contributed by atoms with Crippen molar-refractivity contribution in [2.24, 2.45) is 0 Å². The fourth-order valence-electron chi connectivity index (χ4n) is 1.94. The van der Waals surface area contributed by atoms with E-state index in [9.17, 15) is 8.42 Å². The van der Waals surface area contributed by atoms with E-state index in [1.807, 2.05) is 12.1 Å². The Hall–Kier alpha value is -0.870. The van der Waals surface area contributed by atoms with Crippen LogP contribution in [0.1, 0.15) is 37.4 Å². The lowest BCUT2D eigenvalue weighted by Crippen LogP contribution is -2.23. The Kier molecular flexibility index (Phi) is 5.82. The zero-order chi connectivity index (χ0) is 13.6. The van der Waals surface area contributed by atoms with Gasteiger partial charge < -0.3 is 5.32 Å². The Labute approximate surface area is 111 Å². The molecule has 0 aromatic heterocycles. The summed E-state index contributed by atoms with van der Waals surface area (Å²) in [4.78, 5) is 0. The monoisotopic (exact) mass is 269 g/mol. The molecular formula is C14H23NO2S. The van der Waals surface area contributed by atoms with Crippen molar-refractivity contribution < 1.29 is 8.42 Å². The van der Waals surface area contributed by atoms with Crippen LogP contribution in [0.15, 0.2) is 24.3 Å². The van der Waals surface area contributed by atoms with Crippen LogP contribution in [0.2, 0.25) is 0 Å². The maximum Gasteiger partial charge on any atom is 0.150 e. The van der Waals surface area contributed by atoms with Crippen LogP contribution in [0.4, 0.5) is 0 Å². The second-order valence-corrected chi connectivity index (χ2v) is 7.10. The highest BCUT2D eigenvalue weighted by atomic mass is 32.2. The van der Waals surface area contributed by atoms with Crippen LogP contribution >= 0.6 is 0 Å². The molecule has 1 aromatic carbocycles. The van der Waals surface area contributed by atoms with Gasteiger partial charge in [-0.1, -0.05) is 31.2 Å². The lowest BCUT2D eigenvalue weighted by molar-refractivity contribution is 0.559. The van der Waals surface area contributed by atoms with Crippen LogP contribution in [0.3, 0.4) is 0 Å². The number of hydrogen-bond acceptors (Lipinski definition) is 3. The van der Waals surface area contributed by atoms with Gasteiger partial charge in [0.15, 0.2) is 0 Å². The van der Waals surface area contributed by atoms with Gasteiger partial charge in [0.05, 0.1) is 5.75 Å². The van der Waals surface area contributed by atoms with E-state index in [0.29, 0.717) is 6.42 Å². The lowest BCUT2D eigenvalue weighted by Gasteiger charge is -2.16. The van der Waals surface area contributed by atoms with Crippen LogP contribution in [0, 0.1) is 6.92 Å². The normalized spacial score (nSPS) is 13.5. The van der Waals surface area contributed by atoms with Crippen LogP contribution in [0.25, 0.3) is 0 Å². The molecule has 4 heteroatoms.